The van der Waals surface area contributed by atoms with Gasteiger partial charge in [-0.15, -0.1) is 0 Å². The van der Waals surface area contributed by atoms with E-state index in [2.05, 4.69) is 32.1 Å². The third-order valence-electron chi connectivity index (χ3n) is 7.10. The van der Waals surface area contributed by atoms with E-state index in [1.165, 1.54) is 0 Å². The van der Waals surface area contributed by atoms with Crippen molar-refractivity contribution in [3.05, 3.63) is 85.1 Å². The summed E-state index contributed by atoms with van der Waals surface area (Å²) in [6.45, 7) is 3.30. The highest BCUT2D eigenvalue weighted by Crippen LogP contribution is 2.23. The molecule has 13 heteroatoms. The first kappa shape index (κ1) is 44.9. The molecule has 1 aliphatic rings. The van der Waals surface area contributed by atoms with Crippen LogP contribution in [0.5, 0.6) is 0 Å². The maximum Gasteiger partial charge on any atom is 0.309 e. The van der Waals surface area contributed by atoms with Crippen LogP contribution in [0, 0.1) is 0 Å². The number of hydrogen-bond donors (Lipinski definition) is 4. The van der Waals surface area contributed by atoms with E-state index in [1.54, 1.807) is 6.08 Å². The lowest BCUT2D eigenvalue weighted by atomic mass is 10.00. The maximum atomic E-state index is 12.7. The average Bonchev–Trinajstić information content (AvgIpc) is 3.07. The van der Waals surface area contributed by atoms with Crippen LogP contribution in [-0.2, 0) is 38.7 Å². The molecule has 50 heavy (non-hydrogen) atoms. The van der Waals surface area contributed by atoms with Crippen molar-refractivity contribution in [2.75, 3.05) is 19.0 Å². The zero-order chi connectivity index (χ0) is 37.0. The van der Waals surface area contributed by atoms with E-state index < -0.39 is 71.2 Å². The maximum absolute atomic E-state index is 12.7. The SMILES string of the molecule is CC/C=C/C=C/C=C/C=C/CCCCCC(=O)OC(COC(=O)C/C=C/C/C=C/C/C=C/CC)CO[C@H]1O[C@H](CS(=O)(=O)O)[C@@H](O)C(O)C1O. The second-order valence-electron chi connectivity index (χ2n) is 11.5. The second-order valence-corrected chi connectivity index (χ2v) is 13.0. The smallest absolute Gasteiger partial charge is 0.309 e. The number of allylic oxidation sites excluding steroid dienone is 13. The normalized spacial score (nSPS) is 22.7. The third-order valence-corrected chi connectivity index (χ3v) is 7.85. The molecule has 0 aromatic heterocycles. The number of hydrogen-bond acceptors (Lipinski definition) is 11. The molecule has 4 N–H and O–H groups in total. The van der Waals surface area contributed by atoms with E-state index in [-0.39, 0.29) is 19.4 Å². The van der Waals surface area contributed by atoms with Crippen LogP contribution in [0.1, 0.15) is 78.1 Å². The predicted octanol–water partition coefficient (Wildman–Crippen LogP) is 4.99. The van der Waals surface area contributed by atoms with Gasteiger partial charge in [-0.05, 0) is 44.9 Å². The monoisotopic (exact) mass is 724 g/mol. The Morgan fingerprint density at radius 1 is 0.720 bits per heavy atom. The van der Waals surface area contributed by atoms with Gasteiger partial charge in [0.05, 0.1) is 13.0 Å². The van der Waals surface area contributed by atoms with Crippen LogP contribution in [0.25, 0.3) is 0 Å². The van der Waals surface area contributed by atoms with Crippen LogP contribution in [0.4, 0.5) is 0 Å². The Hall–Kier alpha value is -3.17. The van der Waals surface area contributed by atoms with Gasteiger partial charge in [-0.1, -0.05) is 105 Å². The van der Waals surface area contributed by atoms with Crippen LogP contribution in [-0.4, -0.2) is 96.0 Å². The highest BCUT2D eigenvalue weighted by Gasteiger charge is 2.46. The molecule has 0 aromatic rings. The van der Waals surface area contributed by atoms with Crippen molar-refractivity contribution in [2.45, 2.75) is 115 Å². The molecule has 1 rings (SSSR count). The van der Waals surface area contributed by atoms with Gasteiger partial charge in [0.2, 0.25) is 0 Å². The summed E-state index contributed by atoms with van der Waals surface area (Å²) in [5, 5.41) is 30.6. The third kappa shape index (κ3) is 22.5. The number of carbonyl (C=O) groups is 2. The topological polar surface area (TPSA) is 186 Å². The van der Waals surface area contributed by atoms with Crippen LogP contribution in [0.3, 0.4) is 0 Å². The predicted molar refractivity (Wildman–Crippen MR) is 191 cm³/mol. The molecular weight excluding hydrogens is 668 g/mol. The van der Waals surface area contributed by atoms with E-state index in [0.29, 0.717) is 12.8 Å². The molecule has 0 aromatic carbocycles. The summed E-state index contributed by atoms with van der Waals surface area (Å²) in [6.07, 6.45) is 24.2. The Bertz CT molecular complexity index is 1260. The van der Waals surface area contributed by atoms with Crippen molar-refractivity contribution in [1.29, 1.82) is 0 Å². The molecule has 0 amide bonds. The van der Waals surface area contributed by atoms with Gasteiger partial charge >= 0.3 is 11.9 Å². The minimum Gasteiger partial charge on any atom is -0.461 e. The molecule has 0 saturated carbocycles. The van der Waals surface area contributed by atoms with Gasteiger partial charge in [-0.25, -0.2) is 0 Å². The molecule has 3 unspecified atom stereocenters. The number of esters is 2. The molecule has 0 aliphatic carbocycles. The van der Waals surface area contributed by atoms with Crippen LogP contribution in [0.15, 0.2) is 85.1 Å². The Kier molecular flexibility index (Phi) is 24.7. The highest BCUT2D eigenvalue weighted by molar-refractivity contribution is 7.85. The van der Waals surface area contributed by atoms with Crippen molar-refractivity contribution in [1.82, 2.24) is 0 Å². The van der Waals surface area contributed by atoms with Crippen LogP contribution < -0.4 is 0 Å². The number of rotatable bonds is 25. The first-order chi connectivity index (χ1) is 24.0. The Balaban J connectivity index is 2.67. The lowest BCUT2D eigenvalue weighted by molar-refractivity contribution is -0.297. The number of ether oxygens (including phenoxy) is 4. The number of unbranched alkanes of at least 4 members (excludes halogenated alkanes) is 3. The van der Waals surface area contributed by atoms with Gasteiger partial charge in [0.15, 0.2) is 12.4 Å². The minimum absolute atomic E-state index is 0.0197. The average molecular weight is 725 g/mol. The number of aliphatic hydroxyl groups is 3. The number of carbonyl (C=O) groups excluding carboxylic acids is 2. The van der Waals surface area contributed by atoms with Gasteiger partial charge in [0.25, 0.3) is 10.1 Å². The summed E-state index contributed by atoms with van der Waals surface area (Å²) in [5.41, 5.74) is 0. The largest absolute Gasteiger partial charge is 0.461 e. The summed E-state index contributed by atoms with van der Waals surface area (Å²) in [7, 11) is -4.61. The Morgan fingerprint density at radius 3 is 2.00 bits per heavy atom. The van der Waals surface area contributed by atoms with Crippen LogP contribution in [0.2, 0.25) is 0 Å². The molecule has 0 spiro atoms. The summed E-state index contributed by atoms with van der Waals surface area (Å²) in [6, 6.07) is 0. The molecule has 1 saturated heterocycles. The van der Waals surface area contributed by atoms with Crippen molar-refractivity contribution < 1.29 is 56.8 Å². The number of aliphatic hydroxyl groups excluding tert-OH is 3. The van der Waals surface area contributed by atoms with E-state index in [4.69, 9.17) is 18.9 Å². The molecule has 0 bridgehead atoms. The summed E-state index contributed by atoms with van der Waals surface area (Å²) in [5.74, 6) is -2.21. The van der Waals surface area contributed by atoms with Crippen LogP contribution >= 0.6 is 0 Å². The zero-order valence-corrected chi connectivity index (χ0v) is 30.0. The Labute approximate surface area is 297 Å². The molecule has 6 atom stereocenters. The van der Waals surface area contributed by atoms with E-state index in [9.17, 15) is 37.9 Å². The molecular formula is C37H56O12S. The molecule has 0 radical (unpaired) electrons. The van der Waals surface area contributed by atoms with Crippen molar-refractivity contribution in [2.24, 2.45) is 0 Å². The van der Waals surface area contributed by atoms with Gasteiger partial charge in [-0.2, -0.15) is 8.42 Å². The fraction of sp³-hybridized carbons (Fsp3) is 0.568. The van der Waals surface area contributed by atoms with Gasteiger partial charge in [0.1, 0.15) is 36.8 Å². The summed E-state index contributed by atoms with van der Waals surface area (Å²) in [4.78, 5) is 25.0. The first-order valence-electron chi connectivity index (χ1n) is 17.2. The van der Waals surface area contributed by atoms with E-state index in [0.717, 1.165) is 38.5 Å². The fourth-order valence-corrected chi connectivity index (χ4v) is 5.14. The lowest BCUT2D eigenvalue weighted by Gasteiger charge is -2.40. The fourth-order valence-electron chi connectivity index (χ4n) is 4.45. The summed E-state index contributed by atoms with van der Waals surface area (Å²) < 4.78 is 53.4. The first-order valence-corrected chi connectivity index (χ1v) is 18.8. The van der Waals surface area contributed by atoms with E-state index in [1.807, 2.05) is 60.8 Å². The molecule has 1 heterocycles. The quantitative estimate of drug-likeness (QED) is 0.0326. The highest BCUT2D eigenvalue weighted by atomic mass is 32.2. The molecule has 282 valence electrons. The molecule has 1 aliphatic heterocycles. The standard InChI is InChI=1S/C37H56O12S/c1-3-5-7-9-11-13-14-15-16-18-20-22-24-26-33(39)48-30(27-46-32(38)25-23-21-19-17-12-10-8-6-4-2)28-47-37-36(42)35(41)34(40)31(49-37)29-50(43,44)45/h5-9,11-17,21,23,30-31,34-37,40-42H,3-4,10,18-20,22,24-29H2,1-2H3,(H,43,44,45)/b7-5+,8-6+,11-9+,14-13+,16-15+,17-12+,23-21+/t30?,31-,34-,35?,36?,37+/m1/s1. The second kappa shape index (κ2) is 27.5. The lowest BCUT2D eigenvalue weighted by Crippen LogP contribution is -2.60. The summed E-state index contributed by atoms with van der Waals surface area (Å²) >= 11 is 0. The van der Waals surface area contributed by atoms with Gasteiger partial charge in [0, 0.05) is 6.42 Å². The van der Waals surface area contributed by atoms with Crippen molar-refractivity contribution >= 4 is 22.1 Å². The zero-order valence-electron chi connectivity index (χ0n) is 29.2. The van der Waals surface area contributed by atoms with Gasteiger partial charge < -0.3 is 34.3 Å². The minimum atomic E-state index is -4.61. The Morgan fingerprint density at radius 2 is 1.34 bits per heavy atom. The van der Waals surface area contributed by atoms with E-state index >= 15 is 0 Å². The van der Waals surface area contributed by atoms with Gasteiger partial charge in [-0.3, -0.25) is 14.1 Å². The van der Waals surface area contributed by atoms with Crippen molar-refractivity contribution in [3.8, 4) is 0 Å². The molecule has 12 nitrogen and oxygen atoms in total. The molecule has 1 fully saturated rings. The van der Waals surface area contributed by atoms with Crippen molar-refractivity contribution in [3.63, 3.8) is 0 Å².